The Bertz CT molecular complexity index is 758. The molecule has 0 saturated carbocycles. The molecule has 0 fully saturated rings. The van der Waals surface area contributed by atoms with E-state index in [4.69, 9.17) is 0 Å². The first-order valence-electron chi connectivity index (χ1n) is 8.13. The standard InChI is InChI=1S/C18H23N5S/c1-19-18(22(2)12-9-16-6-5-13-24-16)20-10-8-15-14-23-11-4-3-7-17(23)21-15/h3-7,11,13-14H,8-10,12H2,1-2H3,(H,19,20). The molecule has 3 aromatic rings. The summed E-state index contributed by atoms with van der Waals surface area (Å²) in [5.41, 5.74) is 2.08. The van der Waals surface area contributed by atoms with Crippen LogP contribution in [0.5, 0.6) is 0 Å². The van der Waals surface area contributed by atoms with Gasteiger partial charge < -0.3 is 14.6 Å². The minimum atomic E-state index is 0.819. The lowest BCUT2D eigenvalue weighted by atomic mass is 10.3. The molecule has 0 aromatic carbocycles. The van der Waals surface area contributed by atoms with Crippen molar-refractivity contribution in [2.45, 2.75) is 12.8 Å². The molecular formula is C18H23N5S. The van der Waals surface area contributed by atoms with Gasteiger partial charge in [0, 0.05) is 50.9 Å². The Kier molecular flexibility index (Phi) is 5.48. The van der Waals surface area contributed by atoms with Gasteiger partial charge in [0.15, 0.2) is 5.96 Å². The van der Waals surface area contributed by atoms with Crippen molar-refractivity contribution in [2.24, 2.45) is 4.99 Å². The van der Waals surface area contributed by atoms with Gasteiger partial charge in [-0.1, -0.05) is 12.1 Å². The predicted octanol–water partition coefficient (Wildman–Crippen LogP) is 2.69. The summed E-state index contributed by atoms with van der Waals surface area (Å²) in [5.74, 6) is 0.926. The second kappa shape index (κ2) is 7.97. The highest BCUT2D eigenvalue weighted by atomic mass is 32.1. The molecule has 0 aliphatic carbocycles. The molecule has 24 heavy (non-hydrogen) atoms. The van der Waals surface area contributed by atoms with E-state index in [-0.39, 0.29) is 0 Å². The molecule has 3 rings (SSSR count). The number of aliphatic imine (C=N–C) groups is 1. The molecule has 3 heterocycles. The van der Waals surface area contributed by atoms with Crippen LogP contribution in [0.4, 0.5) is 0 Å². The predicted molar refractivity (Wildman–Crippen MR) is 101 cm³/mol. The number of guanidine groups is 1. The van der Waals surface area contributed by atoms with E-state index in [9.17, 15) is 0 Å². The monoisotopic (exact) mass is 341 g/mol. The third-order valence-electron chi connectivity index (χ3n) is 3.93. The van der Waals surface area contributed by atoms with E-state index in [2.05, 4.69) is 55.4 Å². The summed E-state index contributed by atoms with van der Waals surface area (Å²) in [5, 5.41) is 5.54. The lowest BCUT2D eigenvalue weighted by molar-refractivity contribution is 0.487. The first-order valence-corrected chi connectivity index (χ1v) is 9.01. The summed E-state index contributed by atoms with van der Waals surface area (Å²) in [6.45, 7) is 1.77. The number of imidazole rings is 1. The molecular weight excluding hydrogens is 318 g/mol. The number of fused-ring (bicyclic) bond motifs is 1. The summed E-state index contributed by atoms with van der Waals surface area (Å²) in [4.78, 5) is 12.6. The summed E-state index contributed by atoms with van der Waals surface area (Å²) < 4.78 is 2.05. The number of nitrogens with zero attached hydrogens (tertiary/aromatic N) is 4. The van der Waals surface area contributed by atoms with Crippen molar-refractivity contribution in [1.82, 2.24) is 19.6 Å². The maximum atomic E-state index is 4.62. The van der Waals surface area contributed by atoms with Gasteiger partial charge >= 0.3 is 0 Å². The van der Waals surface area contributed by atoms with Crippen LogP contribution in [-0.4, -0.2) is 47.4 Å². The van der Waals surface area contributed by atoms with Gasteiger partial charge in [-0.15, -0.1) is 11.3 Å². The van der Waals surface area contributed by atoms with Crippen LogP contribution >= 0.6 is 11.3 Å². The van der Waals surface area contributed by atoms with E-state index < -0.39 is 0 Å². The number of aromatic nitrogens is 2. The van der Waals surface area contributed by atoms with E-state index in [1.807, 2.05) is 31.4 Å². The Morgan fingerprint density at radius 3 is 2.96 bits per heavy atom. The van der Waals surface area contributed by atoms with Crippen LogP contribution in [0.1, 0.15) is 10.6 Å². The highest BCUT2D eigenvalue weighted by Crippen LogP contribution is 2.09. The van der Waals surface area contributed by atoms with E-state index in [0.717, 1.165) is 43.2 Å². The van der Waals surface area contributed by atoms with Gasteiger partial charge in [0.05, 0.1) is 5.69 Å². The Labute approximate surface area is 146 Å². The van der Waals surface area contributed by atoms with Crippen LogP contribution in [0.15, 0.2) is 53.1 Å². The number of rotatable bonds is 6. The molecule has 6 heteroatoms. The highest BCUT2D eigenvalue weighted by molar-refractivity contribution is 7.09. The van der Waals surface area contributed by atoms with Crippen LogP contribution < -0.4 is 5.32 Å². The van der Waals surface area contributed by atoms with Crippen molar-refractivity contribution in [3.05, 3.63) is 58.7 Å². The molecule has 0 saturated heterocycles. The third kappa shape index (κ3) is 4.14. The topological polar surface area (TPSA) is 44.9 Å². The number of thiophene rings is 1. The molecule has 0 atom stereocenters. The summed E-state index contributed by atoms with van der Waals surface area (Å²) in [6.07, 6.45) is 6.03. The van der Waals surface area contributed by atoms with Gasteiger partial charge in [-0.05, 0) is 30.0 Å². The molecule has 0 aliphatic heterocycles. The maximum absolute atomic E-state index is 4.62. The molecule has 0 spiro atoms. The van der Waals surface area contributed by atoms with Crippen LogP contribution in [0.25, 0.3) is 5.65 Å². The van der Waals surface area contributed by atoms with E-state index in [1.54, 1.807) is 11.3 Å². The van der Waals surface area contributed by atoms with E-state index >= 15 is 0 Å². The Balaban J connectivity index is 1.48. The van der Waals surface area contributed by atoms with E-state index in [0.29, 0.717) is 0 Å². The molecule has 0 unspecified atom stereocenters. The first-order chi connectivity index (χ1) is 11.8. The minimum Gasteiger partial charge on any atom is -0.356 e. The zero-order valence-electron chi connectivity index (χ0n) is 14.1. The second-order valence-electron chi connectivity index (χ2n) is 5.67. The maximum Gasteiger partial charge on any atom is 0.193 e. The Hall–Kier alpha value is -2.34. The third-order valence-corrected chi connectivity index (χ3v) is 4.86. The van der Waals surface area contributed by atoms with Gasteiger partial charge in [-0.3, -0.25) is 4.99 Å². The molecule has 126 valence electrons. The SMILES string of the molecule is CN=C(NCCc1cn2ccccc2n1)N(C)CCc1cccs1. The summed E-state index contributed by atoms with van der Waals surface area (Å²) >= 11 is 1.80. The normalized spacial score (nSPS) is 11.8. The molecule has 0 amide bonds. The fraction of sp³-hybridized carbons (Fsp3) is 0.333. The Morgan fingerprint density at radius 1 is 1.29 bits per heavy atom. The first kappa shape index (κ1) is 16.5. The number of likely N-dealkylation sites (N-methyl/N-ethyl adjacent to an activating group) is 1. The average molecular weight is 341 g/mol. The molecule has 0 aliphatic rings. The van der Waals surface area contributed by atoms with Gasteiger partial charge in [-0.2, -0.15) is 0 Å². The largest absolute Gasteiger partial charge is 0.356 e. The van der Waals surface area contributed by atoms with Gasteiger partial charge in [0.25, 0.3) is 0 Å². The van der Waals surface area contributed by atoms with Crippen molar-refractivity contribution in [1.29, 1.82) is 0 Å². The molecule has 0 bridgehead atoms. The summed E-state index contributed by atoms with van der Waals surface area (Å²) in [6, 6.07) is 10.3. The molecule has 0 radical (unpaired) electrons. The van der Waals surface area contributed by atoms with Crippen molar-refractivity contribution in [2.75, 3.05) is 27.2 Å². The number of nitrogens with one attached hydrogen (secondary N) is 1. The average Bonchev–Trinajstić information content (AvgIpc) is 3.25. The fourth-order valence-electron chi connectivity index (χ4n) is 2.63. The van der Waals surface area contributed by atoms with Gasteiger partial charge in [0.1, 0.15) is 5.65 Å². The zero-order valence-corrected chi connectivity index (χ0v) is 15.0. The van der Waals surface area contributed by atoms with Crippen molar-refractivity contribution < 1.29 is 0 Å². The second-order valence-corrected chi connectivity index (χ2v) is 6.71. The number of pyridine rings is 1. The lowest BCUT2D eigenvalue weighted by Gasteiger charge is -2.21. The molecule has 3 aromatic heterocycles. The smallest absolute Gasteiger partial charge is 0.193 e. The number of hydrogen-bond donors (Lipinski definition) is 1. The number of hydrogen-bond acceptors (Lipinski definition) is 3. The zero-order chi connectivity index (χ0) is 16.8. The van der Waals surface area contributed by atoms with E-state index in [1.165, 1.54) is 4.88 Å². The van der Waals surface area contributed by atoms with Gasteiger partial charge in [-0.25, -0.2) is 4.98 Å². The highest BCUT2D eigenvalue weighted by Gasteiger charge is 2.07. The van der Waals surface area contributed by atoms with Crippen LogP contribution in [0, 0.1) is 0 Å². The van der Waals surface area contributed by atoms with Crippen molar-refractivity contribution in [3.8, 4) is 0 Å². The van der Waals surface area contributed by atoms with Gasteiger partial charge in [0.2, 0.25) is 0 Å². The van der Waals surface area contributed by atoms with Crippen molar-refractivity contribution in [3.63, 3.8) is 0 Å². The van der Waals surface area contributed by atoms with Crippen LogP contribution in [0.3, 0.4) is 0 Å². The summed E-state index contributed by atoms with van der Waals surface area (Å²) in [7, 11) is 3.91. The lowest BCUT2D eigenvalue weighted by Crippen LogP contribution is -2.40. The minimum absolute atomic E-state index is 0.819. The molecule has 5 nitrogen and oxygen atoms in total. The fourth-order valence-corrected chi connectivity index (χ4v) is 3.33. The Morgan fingerprint density at radius 2 is 2.21 bits per heavy atom. The quantitative estimate of drug-likeness (QED) is 0.554. The van der Waals surface area contributed by atoms with Crippen LogP contribution in [0.2, 0.25) is 0 Å². The molecule has 1 N–H and O–H groups in total. The van der Waals surface area contributed by atoms with Crippen molar-refractivity contribution >= 4 is 22.9 Å². The van der Waals surface area contributed by atoms with Crippen LogP contribution in [-0.2, 0) is 12.8 Å².